The van der Waals surface area contributed by atoms with E-state index in [0.29, 0.717) is 46.7 Å². The minimum absolute atomic E-state index is 0.00142. The zero-order valence-corrected chi connectivity index (χ0v) is 24.7. The number of nitrogens with zero attached hydrogens (tertiary/aromatic N) is 6. The van der Waals surface area contributed by atoms with E-state index < -0.39 is 16.8 Å². The average Bonchev–Trinajstić information content (AvgIpc) is 3.25. The van der Waals surface area contributed by atoms with E-state index in [0.717, 1.165) is 60.3 Å². The van der Waals surface area contributed by atoms with Crippen LogP contribution >= 0.6 is 11.3 Å². The minimum atomic E-state index is -2.81. The highest BCUT2D eigenvalue weighted by atomic mass is 32.1. The van der Waals surface area contributed by atoms with Gasteiger partial charge in [-0.15, -0.1) is 11.3 Å². The third-order valence-corrected chi connectivity index (χ3v) is 10.3. The second-order valence-corrected chi connectivity index (χ2v) is 13.5. The maximum Gasteiger partial charge on any atom is 0.319 e. The van der Waals surface area contributed by atoms with Gasteiger partial charge in [-0.1, -0.05) is 5.16 Å². The van der Waals surface area contributed by atoms with Crippen molar-refractivity contribution < 1.29 is 22.8 Å². The number of rotatable bonds is 6. The van der Waals surface area contributed by atoms with Crippen LogP contribution in [0, 0.1) is 16.7 Å². The van der Waals surface area contributed by atoms with Gasteiger partial charge in [0.1, 0.15) is 35.7 Å². The zero-order chi connectivity index (χ0) is 29.4. The highest BCUT2D eigenvalue weighted by Gasteiger charge is 2.71. The van der Waals surface area contributed by atoms with Crippen molar-refractivity contribution in [3.8, 4) is 29.2 Å². The summed E-state index contributed by atoms with van der Waals surface area (Å²) < 4.78 is 47.1. The zero-order valence-electron chi connectivity index (χ0n) is 23.9. The molecule has 3 aromatic rings. The van der Waals surface area contributed by atoms with Gasteiger partial charge in [-0.05, 0) is 58.2 Å². The molecule has 0 amide bonds. The molecule has 10 nitrogen and oxygen atoms in total. The van der Waals surface area contributed by atoms with Crippen LogP contribution in [0.3, 0.4) is 0 Å². The monoisotopic (exact) mass is 597 g/mol. The number of halogens is 2. The van der Waals surface area contributed by atoms with Crippen molar-refractivity contribution in [2.75, 3.05) is 58.1 Å². The summed E-state index contributed by atoms with van der Waals surface area (Å²) in [5, 5.41) is 15.1. The molecule has 2 N–H and O–H groups in total. The molecule has 0 unspecified atom stereocenters. The van der Waals surface area contributed by atoms with Gasteiger partial charge in [0, 0.05) is 30.5 Å². The van der Waals surface area contributed by atoms with Gasteiger partial charge in [-0.3, -0.25) is 0 Å². The van der Waals surface area contributed by atoms with Gasteiger partial charge >= 0.3 is 6.01 Å². The van der Waals surface area contributed by atoms with E-state index in [9.17, 15) is 14.0 Å². The van der Waals surface area contributed by atoms with Crippen molar-refractivity contribution in [3.05, 3.63) is 27.3 Å². The normalized spacial score (nSPS) is 25.4. The average molecular weight is 598 g/mol. The van der Waals surface area contributed by atoms with Crippen LogP contribution < -0.4 is 20.1 Å². The second-order valence-electron chi connectivity index (χ2n) is 12.3. The molecule has 1 spiro atoms. The number of hydrogen-bond donors (Lipinski definition) is 1. The lowest BCUT2D eigenvalue weighted by Crippen LogP contribution is -2.35. The van der Waals surface area contributed by atoms with Gasteiger partial charge in [-0.25, -0.2) is 8.78 Å². The molecule has 0 aromatic carbocycles. The van der Waals surface area contributed by atoms with E-state index >= 15 is 0 Å². The molecule has 3 aromatic heterocycles. The van der Waals surface area contributed by atoms with Gasteiger partial charge < -0.3 is 29.5 Å². The highest BCUT2D eigenvalue weighted by molar-refractivity contribution is 7.16. The van der Waals surface area contributed by atoms with Gasteiger partial charge in [0.05, 0.1) is 22.9 Å². The van der Waals surface area contributed by atoms with Crippen LogP contribution in [0.25, 0.3) is 11.4 Å². The Bertz CT molecular complexity index is 1610. The van der Waals surface area contributed by atoms with Crippen LogP contribution in [0.1, 0.15) is 59.4 Å². The lowest BCUT2D eigenvalue weighted by molar-refractivity contribution is 0.0288. The van der Waals surface area contributed by atoms with Crippen LogP contribution in [0.2, 0.25) is 0 Å². The van der Waals surface area contributed by atoms with Crippen molar-refractivity contribution in [1.29, 1.82) is 5.26 Å². The Morgan fingerprint density at radius 3 is 2.67 bits per heavy atom. The first-order valence-corrected chi connectivity index (χ1v) is 15.1. The molecule has 13 heteroatoms. The van der Waals surface area contributed by atoms with E-state index in [1.54, 1.807) is 19.0 Å². The first-order valence-electron chi connectivity index (χ1n) is 14.3. The summed E-state index contributed by atoms with van der Waals surface area (Å²) in [4.78, 5) is 14.1. The number of fused-ring (bicyclic) bond motifs is 5. The molecule has 4 heterocycles. The fraction of sp³-hybridized carbons (Fsp3) is 0.586. The molecule has 0 saturated heterocycles. The summed E-state index contributed by atoms with van der Waals surface area (Å²) in [5.74, 6) is -1.07. The quantitative estimate of drug-likeness (QED) is 0.437. The number of nitrogen functional groups attached to an aromatic ring is 1. The van der Waals surface area contributed by atoms with E-state index in [-0.39, 0.29) is 25.6 Å². The van der Waals surface area contributed by atoms with Crippen molar-refractivity contribution in [2.24, 2.45) is 5.41 Å². The lowest BCUT2D eigenvalue weighted by Gasteiger charge is -2.39. The van der Waals surface area contributed by atoms with Crippen LogP contribution in [0.15, 0.2) is 4.52 Å². The van der Waals surface area contributed by atoms with Crippen LogP contribution in [0.4, 0.5) is 19.6 Å². The lowest BCUT2D eigenvalue weighted by atomic mass is 9.63. The molecule has 1 saturated carbocycles. The molecule has 42 heavy (non-hydrogen) atoms. The van der Waals surface area contributed by atoms with Gasteiger partial charge in [0.25, 0.3) is 5.92 Å². The molecule has 0 bridgehead atoms. The number of aryl methyl sites for hydroxylation is 1. The third-order valence-electron chi connectivity index (χ3n) is 9.25. The van der Waals surface area contributed by atoms with Crippen molar-refractivity contribution in [2.45, 2.75) is 56.3 Å². The van der Waals surface area contributed by atoms with Crippen LogP contribution in [-0.4, -0.2) is 73.4 Å². The van der Waals surface area contributed by atoms with Crippen LogP contribution in [-0.2, 0) is 18.3 Å². The second kappa shape index (κ2) is 9.50. The number of aromatic nitrogens is 3. The van der Waals surface area contributed by atoms with E-state index in [4.69, 9.17) is 24.7 Å². The molecule has 1 fully saturated rings. The third kappa shape index (κ3) is 3.98. The summed E-state index contributed by atoms with van der Waals surface area (Å²) in [6.07, 6.45) is 4.88. The molecule has 0 radical (unpaired) electrons. The molecule has 4 aliphatic rings. The number of anilines is 2. The van der Waals surface area contributed by atoms with Crippen molar-refractivity contribution in [1.82, 2.24) is 20.0 Å². The summed E-state index contributed by atoms with van der Waals surface area (Å²) in [6, 6.07) is 2.35. The Balaban J connectivity index is 1.32. The first-order chi connectivity index (χ1) is 20.1. The number of alkyl halides is 2. The van der Waals surface area contributed by atoms with Crippen molar-refractivity contribution >= 4 is 22.2 Å². The van der Waals surface area contributed by atoms with E-state index in [1.165, 1.54) is 11.3 Å². The summed E-state index contributed by atoms with van der Waals surface area (Å²) in [6.45, 7) is 1.02. The standard InChI is InChI=1S/C29H33F2N7O3S/c1-37(2)14-27(13-29(27,30)31)15-40-26-34-21(22-25(35-26)38(3)10-11-39-22)20-16-6-4-8-28(23(16)41-36-20)9-5-7-18-19(28)17(12-32)24(33)42-18/h4-11,13-15,33H2,1-3H3/t27-,28+/m1/s1. The molecule has 2 atom stereocenters. The number of likely N-dealkylation sites (N-methyl/N-ethyl adjacent to an activating group) is 1. The van der Waals surface area contributed by atoms with Crippen LogP contribution in [0.5, 0.6) is 11.8 Å². The van der Waals surface area contributed by atoms with Gasteiger partial charge in [-0.2, -0.15) is 15.2 Å². The van der Waals surface area contributed by atoms with Gasteiger partial charge in [0.2, 0.25) is 0 Å². The summed E-state index contributed by atoms with van der Waals surface area (Å²) in [7, 11) is 5.44. The predicted octanol–water partition coefficient (Wildman–Crippen LogP) is 4.40. The maximum absolute atomic E-state index is 14.5. The van der Waals surface area contributed by atoms with E-state index in [1.807, 2.05) is 11.9 Å². The van der Waals surface area contributed by atoms with Crippen molar-refractivity contribution in [3.63, 3.8) is 0 Å². The molecular formula is C29H33F2N7O3S. The number of nitriles is 1. The SMILES string of the molecule is CN(C)C[C@@]1(COc2nc(-c3noc4c3CCC[C@@]43CCCc4sc(N)c(C#N)c43)c3c(n2)N(C)CCO3)CC1(F)F. The maximum atomic E-state index is 14.5. The number of thiophene rings is 1. The Morgan fingerprint density at radius 1 is 1.19 bits per heavy atom. The molecule has 222 valence electrons. The summed E-state index contributed by atoms with van der Waals surface area (Å²) in [5.41, 5.74) is 7.96. The number of nitrogens with two attached hydrogens (primary N) is 1. The molecule has 7 rings (SSSR count). The Morgan fingerprint density at radius 2 is 1.95 bits per heavy atom. The van der Waals surface area contributed by atoms with Gasteiger partial charge in [0.15, 0.2) is 17.3 Å². The number of hydrogen-bond acceptors (Lipinski definition) is 11. The fourth-order valence-corrected chi connectivity index (χ4v) is 8.38. The molecule has 1 aliphatic heterocycles. The Kier molecular flexibility index (Phi) is 6.19. The summed E-state index contributed by atoms with van der Waals surface area (Å²) >= 11 is 1.50. The topological polar surface area (TPSA) is 127 Å². The Labute approximate surface area is 246 Å². The fourth-order valence-electron chi connectivity index (χ4n) is 7.22. The molecule has 3 aliphatic carbocycles. The minimum Gasteiger partial charge on any atom is -0.486 e. The predicted molar refractivity (Wildman–Crippen MR) is 152 cm³/mol. The highest BCUT2D eigenvalue weighted by Crippen LogP contribution is 2.61. The van der Waals surface area contributed by atoms with E-state index in [2.05, 4.69) is 16.2 Å². The smallest absolute Gasteiger partial charge is 0.319 e. The Hall–Kier alpha value is -3.50. The molecular weight excluding hydrogens is 564 g/mol. The number of ether oxygens (including phenoxy) is 2. The largest absolute Gasteiger partial charge is 0.486 e. The first kappa shape index (κ1) is 27.3.